The molecule has 2 aromatic carbocycles. The van der Waals surface area contributed by atoms with Gasteiger partial charge in [-0.05, 0) is 106 Å². The van der Waals surface area contributed by atoms with Crippen molar-refractivity contribution in [2.75, 3.05) is 59.8 Å². The Hall–Kier alpha value is -4.57. The maximum Gasteiger partial charge on any atom is 0.375 e. The van der Waals surface area contributed by atoms with Gasteiger partial charge in [0.2, 0.25) is 5.76 Å². The Morgan fingerprint density at radius 3 is 2.54 bits per heavy atom. The van der Waals surface area contributed by atoms with Crippen molar-refractivity contribution in [3.8, 4) is 17.2 Å². The molecule has 1 saturated carbocycles. The Bertz CT molecular complexity index is 2130. The first-order valence-corrected chi connectivity index (χ1v) is 21.8. The lowest BCUT2D eigenvalue weighted by molar-refractivity contribution is -0.141. The zero-order valence-electron chi connectivity index (χ0n) is 35.3. The molecule has 3 unspecified atom stereocenters. The number of aliphatic hydroxyl groups is 4. The quantitative estimate of drug-likeness (QED) is 0.0611. The number of hydrogen-bond acceptors (Lipinski definition) is 13. The van der Waals surface area contributed by atoms with E-state index in [0.29, 0.717) is 61.0 Å². The Kier molecular flexibility index (Phi) is 14.6. The molecule has 2 fully saturated rings. The van der Waals surface area contributed by atoms with Crippen LogP contribution in [-0.2, 0) is 36.9 Å². The lowest BCUT2D eigenvalue weighted by Crippen LogP contribution is -2.54. The topological polar surface area (TPSA) is 197 Å². The molecule has 4 aliphatic rings. The number of ketones is 1. The first-order valence-electron chi connectivity index (χ1n) is 21.8. The number of Topliss-reactive ketones (excluding diaryl/α,β-unsaturated/α-hetero) is 1. The van der Waals surface area contributed by atoms with Crippen LogP contribution in [0.25, 0.3) is 16.5 Å². The van der Waals surface area contributed by atoms with E-state index >= 15 is 0 Å². The predicted octanol–water partition coefficient (Wildman–Crippen LogP) is 5.07. The number of hydrogen-bond donors (Lipinski definition) is 5. The largest absolute Gasteiger partial charge is 0.492 e. The van der Waals surface area contributed by atoms with Crippen molar-refractivity contribution in [3.63, 3.8) is 0 Å². The van der Waals surface area contributed by atoms with Gasteiger partial charge in [-0.25, -0.2) is 4.79 Å². The summed E-state index contributed by atoms with van der Waals surface area (Å²) in [6.45, 7) is 4.15. The third-order valence-electron chi connectivity index (χ3n) is 13.0. The van der Waals surface area contributed by atoms with Crippen LogP contribution in [0, 0.1) is 5.92 Å². The first kappa shape index (κ1) is 44.5. The van der Waals surface area contributed by atoms with E-state index in [1.807, 2.05) is 30.5 Å². The summed E-state index contributed by atoms with van der Waals surface area (Å²) in [6, 6.07) is 7.81. The van der Waals surface area contributed by atoms with Crippen molar-refractivity contribution in [2.45, 2.75) is 102 Å². The molecule has 1 saturated heterocycles. The Labute approximate surface area is 356 Å². The van der Waals surface area contributed by atoms with Crippen LogP contribution in [0.4, 0.5) is 0 Å². The number of aromatic nitrogens is 1. The van der Waals surface area contributed by atoms with Crippen LogP contribution in [0.1, 0.15) is 99.3 Å². The molecular weight excluding hydrogens is 785 g/mol. The number of nitrogens with zero attached hydrogens (tertiary/aromatic N) is 1. The highest BCUT2D eigenvalue weighted by atomic mass is 16.6. The van der Waals surface area contributed by atoms with Crippen LogP contribution in [0.2, 0.25) is 0 Å². The summed E-state index contributed by atoms with van der Waals surface area (Å²) in [5.41, 5.74) is 2.62. The minimum absolute atomic E-state index is 0.00705. The molecule has 3 aromatic rings. The van der Waals surface area contributed by atoms with E-state index < -0.39 is 30.2 Å². The van der Waals surface area contributed by atoms with Gasteiger partial charge in [-0.15, -0.1) is 0 Å². The number of likely N-dealkylation sites (tertiary alicyclic amines) is 1. The van der Waals surface area contributed by atoms with E-state index in [9.17, 15) is 34.8 Å². The van der Waals surface area contributed by atoms with Crippen LogP contribution in [0.5, 0.6) is 17.2 Å². The molecule has 0 bridgehead atoms. The summed E-state index contributed by atoms with van der Waals surface area (Å²) in [4.78, 5) is 46.4. The van der Waals surface area contributed by atoms with E-state index in [-0.39, 0.29) is 92.2 Å². The number of aldehydes is 1. The van der Waals surface area contributed by atoms with Crippen LogP contribution in [0.15, 0.2) is 47.4 Å². The molecule has 61 heavy (non-hydrogen) atoms. The number of rotatable bonds is 19. The van der Waals surface area contributed by atoms with Crippen LogP contribution in [0.3, 0.4) is 0 Å². The smallest absolute Gasteiger partial charge is 0.375 e. The summed E-state index contributed by atoms with van der Waals surface area (Å²) in [5.74, 6) is -1.21. The number of aliphatic hydroxyl groups excluding tert-OH is 3. The number of fused-ring (bicyclic) bond motifs is 3. The average molecular weight is 845 g/mol. The molecule has 1 aliphatic carbocycles. The van der Waals surface area contributed by atoms with Crippen molar-refractivity contribution in [1.29, 1.82) is 0 Å². The van der Waals surface area contributed by atoms with Crippen LogP contribution < -0.4 is 14.2 Å². The second-order valence-electron chi connectivity index (χ2n) is 16.6. The summed E-state index contributed by atoms with van der Waals surface area (Å²) in [6.07, 6.45) is 6.63. The second-order valence-corrected chi connectivity index (χ2v) is 16.6. The molecule has 4 heterocycles. The lowest BCUT2D eigenvalue weighted by Gasteiger charge is -2.44. The summed E-state index contributed by atoms with van der Waals surface area (Å²) in [7, 11) is 1.70. The zero-order chi connectivity index (χ0) is 43.1. The number of unbranched alkanes of at least 4 members (excludes halogenated alkanes) is 1. The van der Waals surface area contributed by atoms with Crippen molar-refractivity contribution >= 4 is 34.5 Å². The van der Waals surface area contributed by atoms with Gasteiger partial charge >= 0.3 is 5.97 Å². The van der Waals surface area contributed by atoms with E-state index in [1.54, 1.807) is 14.0 Å². The van der Waals surface area contributed by atoms with Crippen LogP contribution in [-0.4, -0.2) is 120 Å². The molecule has 0 amide bonds. The molecule has 3 atom stereocenters. The number of carbonyl (C=O) groups excluding carboxylic acids is 3. The fourth-order valence-electron chi connectivity index (χ4n) is 9.85. The highest BCUT2D eigenvalue weighted by molar-refractivity contribution is 6.11. The molecular formula is C47H60N2O12. The standard InChI is InChI=1S/C47H60N2O12/c1-3-58-46(55)45-35(27-52)40(31-9-11-38(54)33(25-31)29-8-10-37-30(24-29)12-16-48-37)41-43(59-23-7-21-51)34-26-39(60-42(34)36(28-53)44(41)61-45)47(56,15-4-5-20-50)32-13-18-49(19-14-32)17-6-22-57-2/h8,10,12,16,24,27,32-33,39,48,50-51,53,56H,3-7,9,11,13-15,17-23,25-26,28H2,1-2H3. The molecule has 14 nitrogen and oxygen atoms in total. The van der Waals surface area contributed by atoms with Crippen molar-refractivity contribution in [2.24, 2.45) is 5.92 Å². The van der Waals surface area contributed by atoms with Crippen LogP contribution >= 0.6 is 0 Å². The van der Waals surface area contributed by atoms with Gasteiger partial charge in [-0.3, -0.25) is 9.59 Å². The van der Waals surface area contributed by atoms with E-state index in [2.05, 4.69) is 9.88 Å². The van der Waals surface area contributed by atoms with Gasteiger partial charge in [0.15, 0.2) is 6.29 Å². The van der Waals surface area contributed by atoms with Gasteiger partial charge in [-0.2, -0.15) is 0 Å². The van der Waals surface area contributed by atoms with Crippen molar-refractivity contribution < 1.29 is 58.5 Å². The number of methoxy groups -OCH3 is 1. The lowest BCUT2D eigenvalue weighted by atomic mass is 9.72. The van der Waals surface area contributed by atoms with Gasteiger partial charge in [0.05, 0.1) is 36.5 Å². The number of ether oxygens (including phenoxy) is 5. The summed E-state index contributed by atoms with van der Waals surface area (Å²) < 4.78 is 30.5. The van der Waals surface area contributed by atoms with Gasteiger partial charge in [0.25, 0.3) is 0 Å². The Morgan fingerprint density at radius 1 is 1.02 bits per heavy atom. The summed E-state index contributed by atoms with van der Waals surface area (Å²) in [5, 5.41) is 44.7. The Balaban J connectivity index is 1.36. The fourth-order valence-corrected chi connectivity index (χ4v) is 9.85. The molecule has 1 aromatic heterocycles. The normalized spacial score (nSPS) is 21.8. The summed E-state index contributed by atoms with van der Waals surface area (Å²) >= 11 is 0. The maximum absolute atomic E-state index is 13.7. The van der Waals surface area contributed by atoms with E-state index in [4.69, 9.17) is 23.7 Å². The van der Waals surface area contributed by atoms with Gasteiger partial charge in [0.1, 0.15) is 34.7 Å². The monoisotopic (exact) mass is 844 g/mol. The maximum atomic E-state index is 13.7. The molecule has 0 spiro atoms. The van der Waals surface area contributed by atoms with E-state index in [1.165, 1.54) is 0 Å². The van der Waals surface area contributed by atoms with Gasteiger partial charge in [-0.1, -0.05) is 11.6 Å². The number of benzene rings is 2. The minimum Gasteiger partial charge on any atom is -0.492 e. The number of esters is 1. The SMILES string of the molecule is CCOC(=O)C1=C(C=O)C(=C2CCC(=O)C(c3ccc4[nH]ccc4c3)C2)c2c(OCCCO)c3c(c(CO)c2O1)OC(C(O)(CCCCO)C1CCN(CCCOC)CC1)C3. The molecule has 7 rings (SSSR count). The van der Waals surface area contributed by atoms with Crippen molar-refractivity contribution in [1.82, 2.24) is 9.88 Å². The van der Waals surface area contributed by atoms with Crippen molar-refractivity contribution in [3.05, 3.63) is 69.6 Å². The molecule has 14 heteroatoms. The average Bonchev–Trinajstić information content (AvgIpc) is 3.94. The minimum atomic E-state index is -1.33. The van der Waals surface area contributed by atoms with Gasteiger partial charge in [0, 0.05) is 81.5 Å². The highest BCUT2D eigenvalue weighted by Crippen LogP contribution is 2.57. The third kappa shape index (κ3) is 9.02. The van der Waals surface area contributed by atoms with E-state index in [0.717, 1.165) is 60.9 Å². The molecule has 3 aliphatic heterocycles. The zero-order valence-corrected chi connectivity index (χ0v) is 35.3. The predicted molar refractivity (Wildman–Crippen MR) is 226 cm³/mol. The highest BCUT2D eigenvalue weighted by Gasteiger charge is 2.51. The first-order chi connectivity index (χ1) is 29.7. The Morgan fingerprint density at radius 2 is 1.82 bits per heavy atom. The molecule has 0 radical (unpaired) electrons. The molecule has 5 N–H and O–H groups in total. The number of aromatic amines is 1. The number of piperidine rings is 1. The number of carbonyl (C=O) groups is 3. The molecule has 330 valence electrons. The fraction of sp³-hybridized carbons (Fsp3) is 0.553. The number of H-pyrrole nitrogens is 1. The number of nitrogens with one attached hydrogen (secondary N) is 1. The second kappa shape index (κ2) is 20.1. The number of allylic oxidation sites excluding steroid dienone is 3. The third-order valence-corrected chi connectivity index (χ3v) is 13.0. The van der Waals surface area contributed by atoms with Gasteiger partial charge < -0.3 is 54.0 Å².